The van der Waals surface area contributed by atoms with Crippen LogP contribution in [0.25, 0.3) is 0 Å². The normalized spacial score (nSPS) is 26.6. The number of oxime groups is 1. The van der Waals surface area contributed by atoms with E-state index in [1.165, 1.54) is 19.3 Å². The number of piperidine rings is 1. The van der Waals surface area contributed by atoms with Crippen molar-refractivity contribution in [3.05, 3.63) is 0 Å². The molecule has 3 N–H and O–H groups in total. The molecule has 2 rings (SSSR count). The van der Waals surface area contributed by atoms with Gasteiger partial charge in [0.15, 0.2) is 0 Å². The van der Waals surface area contributed by atoms with Gasteiger partial charge in [-0.05, 0) is 32.4 Å². The van der Waals surface area contributed by atoms with E-state index in [1.54, 1.807) is 0 Å². The summed E-state index contributed by atoms with van der Waals surface area (Å²) in [6.45, 7) is 3.90. The molecule has 102 valence electrons. The zero-order valence-electron chi connectivity index (χ0n) is 10.7. The molecule has 0 spiro atoms. The molecule has 2 aliphatic heterocycles. The molecule has 2 saturated heterocycles. The highest BCUT2D eigenvalue weighted by Gasteiger charge is 2.30. The standard InChI is InChI=1S/C12H22N4O2/c13-11(14-18)8-12(17)16-7-4-10(9-16)15-5-2-1-3-6-15/h10,18H,1-9H2,(H2,13,14). The summed E-state index contributed by atoms with van der Waals surface area (Å²) in [4.78, 5) is 16.2. The van der Waals surface area contributed by atoms with Crippen LogP contribution in [0, 0.1) is 0 Å². The van der Waals surface area contributed by atoms with E-state index >= 15 is 0 Å². The Bertz CT molecular complexity index is 326. The van der Waals surface area contributed by atoms with Gasteiger partial charge in [-0.3, -0.25) is 9.69 Å². The average Bonchev–Trinajstić information content (AvgIpc) is 2.89. The summed E-state index contributed by atoms with van der Waals surface area (Å²) < 4.78 is 0. The molecule has 2 heterocycles. The number of hydrogen-bond acceptors (Lipinski definition) is 4. The van der Waals surface area contributed by atoms with Crippen molar-refractivity contribution in [2.24, 2.45) is 10.9 Å². The smallest absolute Gasteiger partial charge is 0.230 e. The Morgan fingerprint density at radius 2 is 2.00 bits per heavy atom. The number of carbonyl (C=O) groups is 1. The van der Waals surface area contributed by atoms with Crippen LogP contribution in [0.2, 0.25) is 0 Å². The fourth-order valence-electron chi connectivity index (χ4n) is 2.85. The molecule has 6 heteroatoms. The van der Waals surface area contributed by atoms with E-state index in [0.29, 0.717) is 6.04 Å². The molecule has 2 fully saturated rings. The van der Waals surface area contributed by atoms with Crippen molar-refractivity contribution < 1.29 is 10.0 Å². The monoisotopic (exact) mass is 254 g/mol. The van der Waals surface area contributed by atoms with Crippen molar-refractivity contribution in [3.63, 3.8) is 0 Å². The quantitative estimate of drug-likeness (QED) is 0.326. The first-order valence-corrected chi connectivity index (χ1v) is 6.69. The van der Waals surface area contributed by atoms with Crippen molar-refractivity contribution in [1.82, 2.24) is 9.80 Å². The summed E-state index contributed by atoms with van der Waals surface area (Å²) >= 11 is 0. The lowest BCUT2D eigenvalue weighted by Crippen LogP contribution is -2.42. The van der Waals surface area contributed by atoms with Crippen molar-refractivity contribution in [2.45, 2.75) is 38.1 Å². The third kappa shape index (κ3) is 3.13. The van der Waals surface area contributed by atoms with Crippen LogP contribution in [0.5, 0.6) is 0 Å². The number of rotatable bonds is 3. The lowest BCUT2D eigenvalue weighted by Gasteiger charge is -2.32. The number of carbonyl (C=O) groups excluding carboxylic acids is 1. The van der Waals surface area contributed by atoms with Crippen LogP contribution in [0.1, 0.15) is 32.1 Å². The van der Waals surface area contributed by atoms with E-state index < -0.39 is 0 Å². The van der Waals surface area contributed by atoms with E-state index in [-0.39, 0.29) is 18.2 Å². The van der Waals surface area contributed by atoms with Crippen LogP contribution in [-0.2, 0) is 4.79 Å². The van der Waals surface area contributed by atoms with Gasteiger partial charge in [-0.2, -0.15) is 0 Å². The highest BCUT2D eigenvalue weighted by Crippen LogP contribution is 2.20. The van der Waals surface area contributed by atoms with Crippen LogP contribution in [0.15, 0.2) is 5.16 Å². The molecular formula is C12H22N4O2. The Labute approximate surface area is 107 Å². The summed E-state index contributed by atoms with van der Waals surface area (Å²) in [7, 11) is 0. The van der Waals surface area contributed by atoms with Crippen LogP contribution < -0.4 is 5.73 Å². The van der Waals surface area contributed by atoms with E-state index in [4.69, 9.17) is 10.9 Å². The van der Waals surface area contributed by atoms with Gasteiger partial charge >= 0.3 is 0 Å². The summed E-state index contributed by atoms with van der Waals surface area (Å²) in [5, 5.41) is 11.3. The SMILES string of the molecule is NC(CC(=O)N1CCC(N2CCCCC2)C1)=NO. The van der Waals surface area contributed by atoms with Gasteiger partial charge in [0.2, 0.25) is 5.91 Å². The molecule has 18 heavy (non-hydrogen) atoms. The van der Waals surface area contributed by atoms with E-state index in [1.807, 2.05) is 4.90 Å². The Balaban J connectivity index is 1.82. The lowest BCUT2D eigenvalue weighted by molar-refractivity contribution is -0.129. The number of likely N-dealkylation sites (tertiary alicyclic amines) is 2. The zero-order valence-corrected chi connectivity index (χ0v) is 10.7. The number of nitrogens with zero attached hydrogens (tertiary/aromatic N) is 3. The molecule has 0 aromatic rings. The van der Waals surface area contributed by atoms with Gasteiger partial charge in [0.1, 0.15) is 5.84 Å². The summed E-state index contributed by atoms with van der Waals surface area (Å²) in [5.41, 5.74) is 5.36. The molecule has 0 radical (unpaired) electrons. The number of hydrogen-bond donors (Lipinski definition) is 2. The Hall–Kier alpha value is -1.30. The third-order valence-corrected chi connectivity index (χ3v) is 3.88. The number of amidine groups is 1. The molecule has 1 amide bonds. The largest absolute Gasteiger partial charge is 0.409 e. The minimum atomic E-state index is -0.0372. The van der Waals surface area contributed by atoms with Crippen molar-refractivity contribution in [1.29, 1.82) is 0 Å². The van der Waals surface area contributed by atoms with Crippen molar-refractivity contribution in [2.75, 3.05) is 26.2 Å². The molecule has 6 nitrogen and oxygen atoms in total. The second-order valence-corrected chi connectivity index (χ2v) is 5.15. The molecular weight excluding hydrogens is 232 g/mol. The summed E-state index contributed by atoms with van der Waals surface area (Å²) in [6.07, 6.45) is 4.93. The minimum Gasteiger partial charge on any atom is -0.409 e. The maximum atomic E-state index is 11.9. The molecule has 0 aromatic carbocycles. The Kier molecular flexibility index (Phi) is 4.41. The molecule has 1 atom stereocenters. The van der Waals surface area contributed by atoms with Crippen molar-refractivity contribution >= 4 is 11.7 Å². The van der Waals surface area contributed by atoms with Gasteiger partial charge in [0.05, 0.1) is 6.42 Å². The Morgan fingerprint density at radius 1 is 1.28 bits per heavy atom. The fourth-order valence-corrected chi connectivity index (χ4v) is 2.85. The van der Waals surface area contributed by atoms with Crippen LogP contribution >= 0.6 is 0 Å². The van der Waals surface area contributed by atoms with Gasteiger partial charge in [-0.15, -0.1) is 0 Å². The topological polar surface area (TPSA) is 82.2 Å². The maximum Gasteiger partial charge on any atom is 0.230 e. The second kappa shape index (κ2) is 6.04. The minimum absolute atomic E-state index is 0.0126. The first-order valence-electron chi connectivity index (χ1n) is 6.69. The summed E-state index contributed by atoms with van der Waals surface area (Å²) in [5.74, 6) is -0.0498. The predicted molar refractivity (Wildman–Crippen MR) is 68.4 cm³/mol. The van der Waals surface area contributed by atoms with Gasteiger partial charge in [0.25, 0.3) is 0 Å². The maximum absolute atomic E-state index is 11.9. The highest BCUT2D eigenvalue weighted by molar-refractivity contribution is 5.98. The number of nitrogens with two attached hydrogens (primary N) is 1. The second-order valence-electron chi connectivity index (χ2n) is 5.15. The van der Waals surface area contributed by atoms with Crippen LogP contribution in [0.3, 0.4) is 0 Å². The Morgan fingerprint density at radius 3 is 2.67 bits per heavy atom. The third-order valence-electron chi connectivity index (χ3n) is 3.88. The zero-order chi connectivity index (χ0) is 13.0. The van der Waals surface area contributed by atoms with Gasteiger partial charge in [-0.1, -0.05) is 11.6 Å². The predicted octanol–water partition coefficient (Wildman–Crippen LogP) is 0.210. The van der Waals surface area contributed by atoms with Gasteiger partial charge in [0, 0.05) is 19.1 Å². The molecule has 0 bridgehead atoms. The van der Waals surface area contributed by atoms with E-state index in [2.05, 4.69) is 10.1 Å². The first-order chi connectivity index (χ1) is 8.70. The molecule has 1 unspecified atom stereocenters. The fraction of sp³-hybridized carbons (Fsp3) is 0.833. The van der Waals surface area contributed by atoms with E-state index in [0.717, 1.165) is 32.6 Å². The lowest BCUT2D eigenvalue weighted by atomic mass is 10.1. The van der Waals surface area contributed by atoms with E-state index in [9.17, 15) is 4.79 Å². The molecule has 2 aliphatic rings. The molecule has 0 aromatic heterocycles. The molecule has 0 saturated carbocycles. The van der Waals surface area contributed by atoms with Crippen LogP contribution in [-0.4, -0.2) is 59.0 Å². The van der Waals surface area contributed by atoms with Gasteiger partial charge in [-0.25, -0.2) is 0 Å². The van der Waals surface area contributed by atoms with Crippen LogP contribution in [0.4, 0.5) is 0 Å². The summed E-state index contributed by atoms with van der Waals surface area (Å²) in [6, 6.07) is 0.501. The molecule has 0 aliphatic carbocycles. The highest BCUT2D eigenvalue weighted by atomic mass is 16.4. The first kappa shape index (κ1) is 13.1. The average molecular weight is 254 g/mol. The number of amides is 1. The van der Waals surface area contributed by atoms with Crippen molar-refractivity contribution in [3.8, 4) is 0 Å². The van der Waals surface area contributed by atoms with Gasteiger partial charge < -0.3 is 15.8 Å².